The third-order valence-corrected chi connectivity index (χ3v) is 2.03. The van der Waals surface area contributed by atoms with Crippen molar-refractivity contribution in [1.82, 2.24) is 5.32 Å². The van der Waals surface area contributed by atoms with Gasteiger partial charge in [0.1, 0.15) is 0 Å². The maximum Gasteiger partial charge on any atom is 0.0744 e. The molecule has 0 saturated carbocycles. The zero-order chi connectivity index (χ0) is 7.78. The molecule has 1 rings (SSSR count). The lowest BCUT2D eigenvalue weighted by Gasteiger charge is -2.43. The van der Waals surface area contributed by atoms with Crippen LogP contribution in [0, 0.1) is 0 Å². The molecule has 1 aliphatic heterocycles. The summed E-state index contributed by atoms with van der Waals surface area (Å²) in [7, 11) is 0. The van der Waals surface area contributed by atoms with Crippen LogP contribution in [0.15, 0.2) is 0 Å². The Morgan fingerprint density at radius 2 is 2.10 bits per heavy atom. The van der Waals surface area contributed by atoms with Gasteiger partial charge in [0.2, 0.25) is 0 Å². The molecule has 0 bridgehead atoms. The van der Waals surface area contributed by atoms with Gasteiger partial charge in [-0.2, -0.15) is 0 Å². The molecule has 0 unspecified atom stereocenters. The Hall–Kier alpha value is -0.120. The topological polar surface area (TPSA) is 52.5 Å². The van der Waals surface area contributed by atoms with E-state index < -0.39 is 5.60 Å². The molecule has 2 atom stereocenters. The van der Waals surface area contributed by atoms with Gasteiger partial charge in [0.25, 0.3) is 0 Å². The van der Waals surface area contributed by atoms with Gasteiger partial charge in [-0.1, -0.05) is 0 Å². The van der Waals surface area contributed by atoms with Crippen LogP contribution in [0.2, 0.25) is 0 Å². The molecule has 60 valence electrons. The molecule has 1 aliphatic rings. The minimum Gasteiger partial charge on any atom is -0.395 e. The molecule has 0 spiro atoms. The number of hydrogen-bond acceptors (Lipinski definition) is 3. The molecule has 0 radical (unpaired) electrons. The van der Waals surface area contributed by atoms with Crippen molar-refractivity contribution in [2.45, 2.75) is 38.0 Å². The van der Waals surface area contributed by atoms with E-state index in [-0.39, 0.29) is 18.7 Å². The van der Waals surface area contributed by atoms with Crippen LogP contribution >= 0.6 is 0 Å². The number of nitrogens with one attached hydrogen (secondary N) is 1. The maximum atomic E-state index is 9.41. The summed E-state index contributed by atoms with van der Waals surface area (Å²) in [6.45, 7) is 3.73. The van der Waals surface area contributed by atoms with E-state index in [0.29, 0.717) is 0 Å². The van der Waals surface area contributed by atoms with Crippen LogP contribution in [-0.4, -0.2) is 34.5 Å². The number of aliphatic hydroxyl groups is 2. The van der Waals surface area contributed by atoms with E-state index >= 15 is 0 Å². The molecular weight excluding hydrogens is 130 g/mol. The zero-order valence-corrected chi connectivity index (χ0v) is 6.46. The summed E-state index contributed by atoms with van der Waals surface area (Å²) in [5.74, 6) is 0. The van der Waals surface area contributed by atoms with Crippen molar-refractivity contribution in [3.05, 3.63) is 0 Å². The van der Waals surface area contributed by atoms with E-state index in [1.165, 1.54) is 0 Å². The lowest BCUT2D eigenvalue weighted by Crippen LogP contribution is -2.62. The van der Waals surface area contributed by atoms with Crippen molar-refractivity contribution in [2.75, 3.05) is 6.61 Å². The van der Waals surface area contributed by atoms with E-state index in [1.807, 2.05) is 0 Å². The smallest absolute Gasteiger partial charge is 0.0744 e. The molecule has 1 saturated heterocycles. The molecule has 10 heavy (non-hydrogen) atoms. The molecule has 1 fully saturated rings. The largest absolute Gasteiger partial charge is 0.395 e. The van der Waals surface area contributed by atoms with Gasteiger partial charge in [0, 0.05) is 12.1 Å². The Morgan fingerprint density at radius 3 is 2.40 bits per heavy atom. The van der Waals surface area contributed by atoms with Gasteiger partial charge in [0.15, 0.2) is 0 Å². The van der Waals surface area contributed by atoms with E-state index in [1.54, 1.807) is 13.8 Å². The van der Waals surface area contributed by atoms with Crippen LogP contribution in [0.1, 0.15) is 20.3 Å². The molecule has 1 heterocycles. The quantitative estimate of drug-likeness (QED) is 0.490. The summed E-state index contributed by atoms with van der Waals surface area (Å²) in [5.41, 5.74) is -0.647. The summed E-state index contributed by atoms with van der Waals surface area (Å²) in [4.78, 5) is 0. The Bertz CT molecular complexity index is 113. The third-order valence-electron chi connectivity index (χ3n) is 2.03. The first-order chi connectivity index (χ1) is 4.54. The van der Waals surface area contributed by atoms with Crippen LogP contribution in [0.4, 0.5) is 0 Å². The highest BCUT2D eigenvalue weighted by Gasteiger charge is 2.37. The maximum absolute atomic E-state index is 9.41. The average molecular weight is 145 g/mol. The van der Waals surface area contributed by atoms with E-state index in [9.17, 15) is 5.11 Å². The minimum atomic E-state index is -0.647. The molecule has 3 heteroatoms. The van der Waals surface area contributed by atoms with Crippen LogP contribution < -0.4 is 5.32 Å². The van der Waals surface area contributed by atoms with Crippen molar-refractivity contribution in [2.24, 2.45) is 0 Å². The zero-order valence-electron chi connectivity index (χ0n) is 6.46. The Morgan fingerprint density at radius 1 is 1.60 bits per heavy atom. The van der Waals surface area contributed by atoms with E-state index in [0.717, 1.165) is 6.42 Å². The first-order valence-electron chi connectivity index (χ1n) is 3.63. The normalized spacial score (nSPS) is 33.6. The fourth-order valence-corrected chi connectivity index (χ4v) is 1.16. The van der Waals surface area contributed by atoms with Gasteiger partial charge in [0.05, 0.1) is 12.2 Å². The van der Waals surface area contributed by atoms with Gasteiger partial charge in [-0.3, -0.25) is 0 Å². The molecule has 0 amide bonds. The fourth-order valence-electron chi connectivity index (χ4n) is 1.16. The monoisotopic (exact) mass is 145 g/mol. The van der Waals surface area contributed by atoms with Crippen molar-refractivity contribution < 1.29 is 10.2 Å². The summed E-state index contributed by atoms with van der Waals surface area (Å²) in [6, 6.07) is 0.362. The molecule has 3 N–H and O–H groups in total. The SMILES string of the molecule is CC(C)(O)[C@@H]1C[C@H](CO)N1. The summed E-state index contributed by atoms with van der Waals surface area (Å²) < 4.78 is 0. The molecule has 0 aromatic heterocycles. The number of rotatable bonds is 2. The van der Waals surface area contributed by atoms with Crippen molar-refractivity contribution >= 4 is 0 Å². The molecule has 0 aromatic rings. The van der Waals surface area contributed by atoms with Crippen LogP contribution in [0.25, 0.3) is 0 Å². The Labute approximate surface area is 61.1 Å². The molecule has 3 nitrogen and oxygen atoms in total. The van der Waals surface area contributed by atoms with Gasteiger partial charge in [-0.15, -0.1) is 0 Å². The number of aliphatic hydroxyl groups excluding tert-OH is 1. The highest BCUT2D eigenvalue weighted by Crippen LogP contribution is 2.21. The second-order valence-electron chi connectivity index (χ2n) is 3.49. The molecular formula is C7H15NO2. The van der Waals surface area contributed by atoms with E-state index in [4.69, 9.17) is 5.11 Å². The minimum absolute atomic E-state index is 0.157. The van der Waals surface area contributed by atoms with Gasteiger partial charge < -0.3 is 15.5 Å². The first kappa shape index (κ1) is 7.98. The van der Waals surface area contributed by atoms with Crippen LogP contribution in [0.3, 0.4) is 0 Å². The van der Waals surface area contributed by atoms with Gasteiger partial charge in [-0.05, 0) is 20.3 Å². The highest BCUT2D eigenvalue weighted by atomic mass is 16.3. The number of hydrogen-bond donors (Lipinski definition) is 3. The molecule has 0 aliphatic carbocycles. The fraction of sp³-hybridized carbons (Fsp3) is 1.00. The predicted octanol–water partition coefficient (Wildman–Crippen LogP) is -0.520. The summed E-state index contributed by atoms with van der Waals surface area (Å²) in [5, 5.41) is 21.1. The Kier molecular flexibility index (Phi) is 1.99. The summed E-state index contributed by atoms with van der Waals surface area (Å²) in [6.07, 6.45) is 0.875. The standard InChI is InChI=1S/C7H15NO2/c1-7(2,10)6-3-5(4-9)8-6/h5-6,8-10H,3-4H2,1-2H3/t5-,6+/m1/s1. The third kappa shape index (κ3) is 1.48. The highest BCUT2D eigenvalue weighted by molar-refractivity contribution is 4.97. The predicted molar refractivity (Wildman–Crippen MR) is 38.7 cm³/mol. The van der Waals surface area contributed by atoms with Crippen molar-refractivity contribution in [1.29, 1.82) is 0 Å². The van der Waals surface area contributed by atoms with Crippen molar-refractivity contribution in [3.63, 3.8) is 0 Å². The average Bonchev–Trinajstić information content (AvgIpc) is 1.57. The lowest BCUT2D eigenvalue weighted by molar-refractivity contribution is -0.0143. The van der Waals surface area contributed by atoms with Gasteiger partial charge >= 0.3 is 0 Å². The van der Waals surface area contributed by atoms with Crippen molar-refractivity contribution in [3.8, 4) is 0 Å². The first-order valence-corrected chi connectivity index (χ1v) is 3.63. The Balaban J connectivity index is 2.26. The van der Waals surface area contributed by atoms with Crippen LogP contribution in [-0.2, 0) is 0 Å². The lowest BCUT2D eigenvalue weighted by atomic mass is 9.85. The van der Waals surface area contributed by atoms with Gasteiger partial charge in [-0.25, -0.2) is 0 Å². The second-order valence-corrected chi connectivity index (χ2v) is 3.49. The van der Waals surface area contributed by atoms with E-state index in [2.05, 4.69) is 5.32 Å². The van der Waals surface area contributed by atoms with Crippen LogP contribution in [0.5, 0.6) is 0 Å². The summed E-state index contributed by atoms with van der Waals surface area (Å²) >= 11 is 0. The second kappa shape index (κ2) is 2.49. The molecule has 0 aromatic carbocycles.